The number of rotatable bonds is 7. The molecule has 1 aliphatic carbocycles. The highest BCUT2D eigenvalue weighted by molar-refractivity contribution is 9.10. The van der Waals surface area contributed by atoms with Gasteiger partial charge in [0, 0.05) is 29.0 Å². The van der Waals surface area contributed by atoms with E-state index in [2.05, 4.69) is 20.8 Å². The van der Waals surface area contributed by atoms with Gasteiger partial charge in [-0.05, 0) is 68.5 Å². The van der Waals surface area contributed by atoms with Crippen molar-refractivity contribution < 1.29 is 14.0 Å². The Morgan fingerprint density at radius 3 is 2.33 bits per heavy atom. The number of carbonyl (C=O) groups is 2. The number of carbonyl (C=O) groups excluding carboxylic acids is 2. The monoisotopic (exact) mass is 513 g/mol. The van der Waals surface area contributed by atoms with Crippen LogP contribution in [0.4, 0.5) is 4.39 Å². The Hall–Kier alpha value is -2.25. The maximum Gasteiger partial charge on any atom is 0.240 e. The molecule has 0 radical (unpaired) electrons. The number of nitrogens with zero attached hydrogens (tertiary/aromatic N) is 2. The van der Waals surface area contributed by atoms with Crippen molar-refractivity contribution in [2.24, 2.45) is 11.7 Å². The Labute approximate surface area is 202 Å². The van der Waals surface area contributed by atoms with Gasteiger partial charge in [-0.15, -0.1) is 0 Å². The standard InChI is InChI=1S/C26H29BrFN3O2/c27-19-7-5-17(6-8-19)15-22(24(29)32)31(23-16-30-13-9-18(23)10-14-30)25(33)26(11-12-26)20-3-1-2-4-21(20)28/h1-8,18,22-23H,9-16H2,(H2,29,32)/t22-,23+/m0/s1. The van der Waals surface area contributed by atoms with Gasteiger partial charge in [-0.3, -0.25) is 9.59 Å². The summed E-state index contributed by atoms with van der Waals surface area (Å²) in [6.45, 7) is 2.79. The van der Waals surface area contributed by atoms with Gasteiger partial charge in [0.05, 0.1) is 5.41 Å². The van der Waals surface area contributed by atoms with E-state index in [1.807, 2.05) is 24.3 Å². The minimum Gasteiger partial charge on any atom is -0.368 e. The van der Waals surface area contributed by atoms with Crippen molar-refractivity contribution in [3.63, 3.8) is 0 Å². The molecule has 2 aromatic carbocycles. The van der Waals surface area contributed by atoms with Gasteiger partial charge < -0.3 is 15.5 Å². The highest BCUT2D eigenvalue weighted by Gasteiger charge is 2.57. The summed E-state index contributed by atoms with van der Waals surface area (Å²) in [5.41, 5.74) is 6.44. The fraction of sp³-hybridized carbons (Fsp3) is 0.462. The third-order valence-electron chi connectivity index (χ3n) is 7.77. The highest BCUT2D eigenvalue weighted by Crippen LogP contribution is 2.51. The van der Waals surface area contributed by atoms with Gasteiger partial charge in [0.1, 0.15) is 11.9 Å². The Kier molecular flexibility index (Phi) is 6.04. The van der Waals surface area contributed by atoms with Crippen molar-refractivity contribution >= 4 is 27.7 Å². The quantitative estimate of drug-likeness (QED) is 0.614. The molecule has 174 valence electrons. The Bertz CT molecular complexity index is 1050. The van der Waals surface area contributed by atoms with E-state index in [1.54, 1.807) is 23.1 Å². The van der Waals surface area contributed by atoms with Crippen molar-refractivity contribution in [1.82, 2.24) is 9.80 Å². The van der Waals surface area contributed by atoms with Gasteiger partial charge in [-0.2, -0.15) is 0 Å². The first-order chi connectivity index (χ1) is 15.9. The zero-order valence-electron chi connectivity index (χ0n) is 18.6. The summed E-state index contributed by atoms with van der Waals surface area (Å²) in [5.74, 6) is -0.679. The van der Waals surface area contributed by atoms with Gasteiger partial charge in [0.2, 0.25) is 11.8 Å². The summed E-state index contributed by atoms with van der Waals surface area (Å²) in [6.07, 6.45) is 3.54. The number of benzene rings is 2. The van der Waals surface area contributed by atoms with Crippen molar-refractivity contribution in [3.8, 4) is 0 Å². The number of nitrogens with two attached hydrogens (primary N) is 1. The molecule has 3 saturated heterocycles. The van der Waals surface area contributed by atoms with Crippen LogP contribution < -0.4 is 5.73 Å². The lowest BCUT2D eigenvalue weighted by Crippen LogP contribution is -2.65. The molecule has 2 bridgehead atoms. The third-order valence-corrected chi connectivity index (χ3v) is 8.30. The molecule has 6 rings (SSSR count). The average Bonchev–Trinajstić information content (AvgIpc) is 3.63. The third kappa shape index (κ3) is 4.21. The molecule has 5 nitrogen and oxygen atoms in total. The molecule has 2 N–H and O–H groups in total. The summed E-state index contributed by atoms with van der Waals surface area (Å²) in [6, 6.07) is 13.4. The van der Waals surface area contributed by atoms with E-state index in [-0.39, 0.29) is 17.8 Å². The maximum atomic E-state index is 14.8. The number of fused-ring (bicyclic) bond motifs is 3. The first kappa shape index (κ1) is 22.5. The highest BCUT2D eigenvalue weighted by atomic mass is 79.9. The van der Waals surface area contributed by atoms with Crippen molar-refractivity contribution in [2.75, 3.05) is 19.6 Å². The molecule has 3 aliphatic heterocycles. The van der Waals surface area contributed by atoms with E-state index in [0.717, 1.165) is 42.5 Å². The summed E-state index contributed by atoms with van der Waals surface area (Å²) in [7, 11) is 0. The van der Waals surface area contributed by atoms with Crippen LogP contribution in [0.1, 0.15) is 36.8 Å². The van der Waals surface area contributed by atoms with Crippen LogP contribution in [-0.2, 0) is 21.4 Å². The van der Waals surface area contributed by atoms with Gasteiger partial charge >= 0.3 is 0 Å². The largest absolute Gasteiger partial charge is 0.368 e. The number of hydrogen-bond donors (Lipinski definition) is 1. The van der Waals surface area contributed by atoms with E-state index in [0.29, 0.717) is 30.7 Å². The first-order valence-electron chi connectivity index (χ1n) is 11.7. The fourth-order valence-corrected chi connectivity index (χ4v) is 6.04. The Balaban J connectivity index is 1.54. The zero-order chi connectivity index (χ0) is 23.2. The topological polar surface area (TPSA) is 66.6 Å². The molecule has 7 heteroatoms. The van der Waals surface area contributed by atoms with Gasteiger partial charge in [0.25, 0.3) is 0 Å². The molecule has 4 fully saturated rings. The second-order valence-electron chi connectivity index (χ2n) is 9.73. The number of hydrogen-bond acceptors (Lipinski definition) is 3. The molecule has 0 unspecified atom stereocenters. The average molecular weight is 514 g/mol. The molecule has 1 saturated carbocycles. The molecule has 2 amide bonds. The number of amides is 2. The Morgan fingerprint density at radius 2 is 1.79 bits per heavy atom. The minimum atomic E-state index is -0.898. The number of primary amides is 1. The van der Waals surface area contributed by atoms with Crippen LogP contribution in [0.3, 0.4) is 0 Å². The van der Waals surface area contributed by atoms with Crippen LogP contribution in [0.25, 0.3) is 0 Å². The fourth-order valence-electron chi connectivity index (χ4n) is 5.77. The van der Waals surface area contributed by atoms with E-state index in [4.69, 9.17) is 5.73 Å². The molecule has 2 atom stereocenters. The van der Waals surface area contributed by atoms with Crippen LogP contribution in [-0.4, -0.2) is 53.3 Å². The minimum absolute atomic E-state index is 0.0859. The molecule has 0 aromatic heterocycles. The molecule has 33 heavy (non-hydrogen) atoms. The lowest BCUT2D eigenvalue weighted by Gasteiger charge is -2.51. The van der Waals surface area contributed by atoms with Crippen LogP contribution >= 0.6 is 15.9 Å². The summed E-state index contributed by atoms with van der Waals surface area (Å²) in [4.78, 5) is 31.3. The smallest absolute Gasteiger partial charge is 0.240 e. The molecular weight excluding hydrogens is 485 g/mol. The SMILES string of the molecule is NC(=O)[C@H](Cc1ccc(Br)cc1)N(C(=O)C1(c2ccccc2F)CC1)[C@@H]1CN2CCC1CC2. The number of halogens is 2. The Morgan fingerprint density at radius 1 is 1.12 bits per heavy atom. The van der Waals surface area contributed by atoms with Crippen LogP contribution in [0, 0.1) is 11.7 Å². The van der Waals surface area contributed by atoms with Crippen molar-refractivity contribution in [1.29, 1.82) is 0 Å². The number of piperidine rings is 3. The van der Waals surface area contributed by atoms with Crippen LogP contribution in [0.2, 0.25) is 0 Å². The van der Waals surface area contributed by atoms with Crippen LogP contribution in [0.5, 0.6) is 0 Å². The molecule has 4 aliphatic rings. The molecule has 2 aromatic rings. The van der Waals surface area contributed by atoms with Gasteiger partial charge in [-0.1, -0.05) is 46.3 Å². The second kappa shape index (κ2) is 8.84. The molecular formula is C26H29BrFN3O2. The zero-order valence-corrected chi connectivity index (χ0v) is 20.1. The lowest BCUT2D eigenvalue weighted by molar-refractivity contribution is -0.149. The van der Waals surface area contributed by atoms with Gasteiger partial charge in [-0.25, -0.2) is 4.39 Å². The molecule has 0 spiro atoms. The molecule has 3 heterocycles. The predicted octanol–water partition coefficient (Wildman–Crippen LogP) is 3.64. The van der Waals surface area contributed by atoms with Crippen LogP contribution in [0.15, 0.2) is 53.0 Å². The van der Waals surface area contributed by atoms with E-state index in [1.165, 1.54) is 6.07 Å². The summed E-state index contributed by atoms with van der Waals surface area (Å²) < 4.78 is 15.8. The summed E-state index contributed by atoms with van der Waals surface area (Å²) >= 11 is 3.45. The normalized spacial score (nSPS) is 25.9. The van der Waals surface area contributed by atoms with E-state index >= 15 is 0 Å². The van der Waals surface area contributed by atoms with E-state index < -0.39 is 17.4 Å². The van der Waals surface area contributed by atoms with E-state index in [9.17, 15) is 14.0 Å². The van der Waals surface area contributed by atoms with Gasteiger partial charge in [0.15, 0.2) is 0 Å². The maximum absolute atomic E-state index is 14.8. The first-order valence-corrected chi connectivity index (χ1v) is 12.5. The lowest BCUT2D eigenvalue weighted by atomic mass is 9.80. The predicted molar refractivity (Wildman–Crippen MR) is 128 cm³/mol. The second-order valence-corrected chi connectivity index (χ2v) is 10.6. The van der Waals surface area contributed by atoms with Crippen molar-refractivity contribution in [3.05, 3.63) is 69.9 Å². The summed E-state index contributed by atoms with van der Waals surface area (Å²) in [5, 5.41) is 0. The van der Waals surface area contributed by atoms with Crippen molar-refractivity contribution in [2.45, 2.75) is 49.6 Å².